The first-order valence-electron chi connectivity index (χ1n) is 10.8. The van der Waals surface area contributed by atoms with E-state index >= 15 is 0 Å². The quantitative estimate of drug-likeness (QED) is 0.651. The van der Waals surface area contributed by atoms with Gasteiger partial charge in [-0.25, -0.2) is 4.98 Å². The lowest BCUT2D eigenvalue weighted by atomic mass is 9.46. The molecular weight excluding hydrogens is 382 g/mol. The molecule has 0 bridgehead atoms. The Bertz CT molecular complexity index is 872. The number of rotatable bonds is 3. The largest absolute Gasteiger partial charge is 0.383 e. The summed E-state index contributed by atoms with van der Waals surface area (Å²) >= 11 is 0. The van der Waals surface area contributed by atoms with Gasteiger partial charge in [-0.15, -0.1) is 0 Å². The van der Waals surface area contributed by atoms with E-state index in [0.717, 1.165) is 44.1 Å². The van der Waals surface area contributed by atoms with Crippen molar-refractivity contribution in [1.82, 2.24) is 9.88 Å². The monoisotopic (exact) mass is 413 g/mol. The molecule has 8 nitrogen and oxygen atoms in total. The zero-order chi connectivity index (χ0) is 21.6. The van der Waals surface area contributed by atoms with Crippen LogP contribution in [0.1, 0.15) is 51.0 Å². The number of amides is 3. The number of primary amides is 1. The maximum absolute atomic E-state index is 13.0. The Morgan fingerprint density at radius 2 is 1.90 bits per heavy atom. The molecule has 2 saturated carbocycles. The number of pyridine rings is 1. The van der Waals surface area contributed by atoms with Gasteiger partial charge in [0.15, 0.2) is 0 Å². The lowest BCUT2D eigenvalue weighted by molar-refractivity contribution is -0.156. The molecule has 1 aromatic heterocycles. The summed E-state index contributed by atoms with van der Waals surface area (Å²) in [5, 5.41) is 2.67. The Kier molecular flexibility index (Phi) is 5.20. The molecule has 2 aliphatic carbocycles. The lowest BCUT2D eigenvalue weighted by Crippen LogP contribution is -2.60. The highest BCUT2D eigenvalue weighted by atomic mass is 16.2. The zero-order valence-electron chi connectivity index (χ0n) is 17.7. The van der Waals surface area contributed by atoms with E-state index in [1.807, 2.05) is 0 Å². The number of nitrogen functional groups attached to an aromatic ring is 1. The third kappa shape index (κ3) is 3.75. The van der Waals surface area contributed by atoms with Gasteiger partial charge in [-0.2, -0.15) is 0 Å². The number of aryl methyl sites for hydroxylation is 1. The molecule has 8 heteroatoms. The molecule has 0 aromatic carbocycles. The molecule has 0 unspecified atom stereocenters. The molecule has 0 radical (unpaired) electrons. The number of carbonyl (C=O) groups excluding carboxylic acids is 3. The summed E-state index contributed by atoms with van der Waals surface area (Å²) in [6.07, 6.45) is 7.23. The highest BCUT2D eigenvalue weighted by Crippen LogP contribution is 2.62. The highest BCUT2D eigenvalue weighted by molar-refractivity contribution is 6.39. The summed E-state index contributed by atoms with van der Waals surface area (Å²) in [5.41, 5.74) is 12.6. The molecule has 2 atom stereocenters. The number of aromatic nitrogens is 1. The van der Waals surface area contributed by atoms with Crippen LogP contribution >= 0.6 is 0 Å². The summed E-state index contributed by atoms with van der Waals surface area (Å²) in [4.78, 5) is 42.9. The van der Waals surface area contributed by atoms with E-state index < -0.39 is 11.8 Å². The van der Waals surface area contributed by atoms with Crippen LogP contribution in [0.5, 0.6) is 0 Å². The van der Waals surface area contributed by atoms with Crippen LogP contribution in [0.4, 0.5) is 11.5 Å². The third-order valence-corrected chi connectivity index (χ3v) is 7.39. The average molecular weight is 414 g/mol. The molecule has 1 aliphatic heterocycles. The van der Waals surface area contributed by atoms with Gasteiger partial charge in [-0.3, -0.25) is 14.4 Å². The molecule has 3 amide bonds. The molecular formula is C22H31N5O3. The van der Waals surface area contributed by atoms with Gasteiger partial charge in [0.2, 0.25) is 5.91 Å². The third-order valence-electron chi connectivity index (χ3n) is 7.39. The number of nitrogens with zero attached hydrogens (tertiary/aromatic N) is 2. The van der Waals surface area contributed by atoms with Gasteiger partial charge < -0.3 is 21.7 Å². The SMILES string of the molecule is Cc1cc(NC(=O)C(=O)N2C[C@@H](C)CC[C@@H]2C2CC3(CC(C(N)=O)C3)C2)cnc1N. The summed E-state index contributed by atoms with van der Waals surface area (Å²) in [5.74, 6) is -0.136. The maximum Gasteiger partial charge on any atom is 0.313 e. The maximum atomic E-state index is 13.0. The summed E-state index contributed by atoms with van der Waals surface area (Å²) in [6.45, 7) is 4.52. The Morgan fingerprint density at radius 1 is 1.20 bits per heavy atom. The molecule has 2 heterocycles. The van der Waals surface area contributed by atoms with Crippen molar-refractivity contribution in [2.75, 3.05) is 17.6 Å². The van der Waals surface area contributed by atoms with E-state index in [4.69, 9.17) is 11.5 Å². The number of piperidine rings is 1. The predicted molar refractivity (Wildman–Crippen MR) is 113 cm³/mol. The second-order valence-corrected chi connectivity index (χ2v) is 9.76. The fourth-order valence-electron chi connectivity index (χ4n) is 5.71. The minimum Gasteiger partial charge on any atom is -0.383 e. The second kappa shape index (κ2) is 7.56. The molecule has 3 fully saturated rings. The van der Waals surface area contributed by atoms with E-state index in [1.165, 1.54) is 6.20 Å². The van der Waals surface area contributed by atoms with Crippen LogP contribution in [0.25, 0.3) is 0 Å². The minimum atomic E-state index is -0.633. The van der Waals surface area contributed by atoms with Crippen LogP contribution in [0.3, 0.4) is 0 Å². The van der Waals surface area contributed by atoms with E-state index in [1.54, 1.807) is 17.9 Å². The molecule has 5 N–H and O–H groups in total. The smallest absolute Gasteiger partial charge is 0.313 e. The standard InChI is InChI=1S/C22H31N5O3/c1-12-3-4-17(14-6-22(7-14)8-15(9-22)19(24)28)27(11-12)21(30)20(29)26-16-5-13(2)18(23)25-10-16/h5,10,12,14-15,17H,3-4,6-9,11H2,1-2H3,(H2,23,25)(H2,24,28)(H,26,29)/t12-,14?,15?,17+,22?/m0/s1. The number of nitrogens with two attached hydrogens (primary N) is 2. The molecule has 30 heavy (non-hydrogen) atoms. The molecule has 4 rings (SSSR count). The predicted octanol–water partition coefficient (Wildman–Crippen LogP) is 1.83. The van der Waals surface area contributed by atoms with Gasteiger partial charge in [0, 0.05) is 18.5 Å². The topological polar surface area (TPSA) is 131 Å². The normalized spacial score (nSPS) is 32.8. The van der Waals surface area contributed by atoms with Crippen molar-refractivity contribution < 1.29 is 14.4 Å². The van der Waals surface area contributed by atoms with Crippen molar-refractivity contribution in [3.05, 3.63) is 17.8 Å². The van der Waals surface area contributed by atoms with Crippen LogP contribution in [0, 0.1) is 30.1 Å². The molecule has 3 aliphatic rings. The molecule has 162 valence electrons. The van der Waals surface area contributed by atoms with E-state index in [9.17, 15) is 14.4 Å². The average Bonchev–Trinajstić information content (AvgIpc) is 2.62. The van der Waals surface area contributed by atoms with Crippen molar-refractivity contribution >= 4 is 29.2 Å². The first kappa shape index (κ1) is 20.6. The van der Waals surface area contributed by atoms with Crippen LogP contribution in [0.15, 0.2) is 12.3 Å². The van der Waals surface area contributed by atoms with Gasteiger partial charge >= 0.3 is 11.8 Å². The number of likely N-dealkylation sites (tertiary alicyclic amines) is 1. The van der Waals surface area contributed by atoms with Crippen LogP contribution in [-0.4, -0.2) is 40.2 Å². The summed E-state index contributed by atoms with van der Waals surface area (Å²) in [7, 11) is 0. The fraction of sp³-hybridized carbons (Fsp3) is 0.636. The van der Waals surface area contributed by atoms with E-state index in [-0.39, 0.29) is 23.3 Å². The Balaban J connectivity index is 1.40. The van der Waals surface area contributed by atoms with Crippen molar-refractivity contribution in [2.24, 2.45) is 28.9 Å². The van der Waals surface area contributed by atoms with Crippen LogP contribution in [-0.2, 0) is 14.4 Å². The first-order valence-corrected chi connectivity index (χ1v) is 10.8. The van der Waals surface area contributed by atoms with Gasteiger partial charge in [-0.05, 0) is 74.3 Å². The number of carbonyl (C=O) groups is 3. The van der Waals surface area contributed by atoms with Crippen molar-refractivity contribution in [2.45, 2.75) is 58.4 Å². The molecule has 1 spiro atoms. The van der Waals surface area contributed by atoms with E-state index in [0.29, 0.717) is 29.9 Å². The number of anilines is 2. The van der Waals surface area contributed by atoms with Crippen molar-refractivity contribution in [1.29, 1.82) is 0 Å². The fourth-order valence-corrected chi connectivity index (χ4v) is 5.71. The van der Waals surface area contributed by atoms with Crippen LogP contribution < -0.4 is 16.8 Å². The van der Waals surface area contributed by atoms with Gasteiger partial charge in [0.25, 0.3) is 0 Å². The number of hydrogen-bond acceptors (Lipinski definition) is 5. The van der Waals surface area contributed by atoms with E-state index in [2.05, 4.69) is 17.2 Å². The van der Waals surface area contributed by atoms with Gasteiger partial charge in [0.1, 0.15) is 5.82 Å². The highest BCUT2D eigenvalue weighted by Gasteiger charge is 2.57. The minimum absolute atomic E-state index is 0.0119. The van der Waals surface area contributed by atoms with Crippen LogP contribution in [0.2, 0.25) is 0 Å². The first-order chi connectivity index (χ1) is 14.2. The van der Waals surface area contributed by atoms with Gasteiger partial charge in [0.05, 0.1) is 11.9 Å². The summed E-state index contributed by atoms with van der Waals surface area (Å²) < 4.78 is 0. The number of hydrogen-bond donors (Lipinski definition) is 3. The molecule has 1 saturated heterocycles. The van der Waals surface area contributed by atoms with Crippen molar-refractivity contribution in [3.8, 4) is 0 Å². The Labute approximate surface area is 176 Å². The van der Waals surface area contributed by atoms with Gasteiger partial charge in [-0.1, -0.05) is 6.92 Å². The lowest BCUT2D eigenvalue weighted by Gasteiger charge is -2.60. The second-order valence-electron chi connectivity index (χ2n) is 9.76. The van der Waals surface area contributed by atoms with Crippen molar-refractivity contribution in [3.63, 3.8) is 0 Å². The Hall–Kier alpha value is -2.64. The zero-order valence-corrected chi connectivity index (χ0v) is 17.7. The molecule has 1 aromatic rings. The Morgan fingerprint density at radius 3 is 2.53 bits per heavy atom. The number of nitrogens with one attached hydrogen (secondary N) is 1. The summed E-state index contributed by atoms with van der Waals surface area (Å²) in [6, 6.07) is 1.80.